The Morgan fingerprint density at radius 1 is 0.556 bits per heavy atom. The molecule has 0 aliphatic heterocycles. The molecule has 2 saturated carbocycles. The maximum Gasteiger partial charge on any atom is 0.307 e. The number of carboxylic acids is 4. The molecule has 8 nitrogen and oxygen atoms in total. The summed E-state index contributed by atoms with van der Waals surface area (Å²) in [4.78, 5) is 40.1. The Labute approximate surface area is 101 Å². The van der Waals surface area contributed by atoms with Gasteiger partial charge in [-0.2, -0.15) is 0 Å². The lowest BCUT2D eigenvalue weighted by molar-refractivity contribution is -0.144. The molecule has 0 aromatic carbocycles. The van der Waals surface area contributed by atoms with Gasteiger partial charge in [-0.15, -0.1) is 0 Å². The summed E-state index contributed by atoms with van der Waals surface area (Å²) >= 11 is 0. The summed E-state index contributed by atoms with van der Waals surface area (Å²) in [5, 5.41) is 32.8. The van der Waals surface area contributed by atoms with E-state index in [9.17, 15) is 19.2 Å². The maximum absolute atomic E-state index is 10.0. The molecule has 0 bridgehead atoms. The Morgan fingerprint density at radius 2 is 0.722 bits per heavy atom. The Kier molecular flexibility index (Phi) is 3.89. The monoisotopic (exact) mass is 260 g/mol. The van der Waals surface area contributed by atoms with Crippen LogP contribution in [0.5, 0.6) is 0 Å². The van der Waals surface area contributed by atoms with Crippen molar-refractivity contribution in [2.75, 3.05) is 0 Å². The number of rotatable bonds is 4. The molecule has 2 aliphatic carbocycles. The minimum absolute atomic E-state index is 0.296. The van der Waals surface area contributed by atoms with Gasteiger partial charge in [0.15, 0.2) is 0 Å². The van der Waals surface area contributed by atoms with Crippen LogP contribution in [0.4, 0.5) is 0 Å². The van der Waals surface area contributed by atoms with E-state index in [1.807, 2.05) is 0 Å². The SMILES string of the molecule is O=C(O)[C@@H]1C[C@H]1C(=O)O.O=C(O)[C@H]1C[C@@H]1C(=O)O. The van der Waals surface area contributed by atoms with Gasteiger partial charge in [-0.1, -0.05) is 0 Å². The van der Waals surface area contributed by atoms with E-state index in [1.165, 1.54) is 0 Å². The van der Waals surface area contributed by atoms with Crippen molar-refractivity contribution in [3.63, 3.8) is 0 Å². The van der Waals surface area contributed by atoms with Crippen molar-refractivity contribution in [2.24, 2.45) is 23.7 Å². The number of hydrogen-bond acceptors (Lipinski definition) is 4. The zero-order chi connectivity index (χ0) is 14.0. The van der Waals surface area contributed by atoms with Gasteiger partial charge in [-0.3, -0.25) is 19.2 Å². The molecular formula is C10H12O8. The topological polar surface area (TPSA) is 149 Å². The fourth-order valence-corrected chi connectivity index (χ4v) is 1.48. The first-order valence-corrected chi connectivity index (χ1v) is 5.17. The molecule has 4 atom stereocenters. The molecular weight excluding hydrogens is 248 g/mol. The summed E-state index contributed by atoms with van der Waals surface area (Å²) in [6.07, 6.45) is 0.593. The standard InChI is InChI=1S/2C5H6O4/c2*6-4(7)2-1-3(2)5(8)9/h2*2-3H,1H2,(H,6,7)(H,8,9)/t2*2-,3-/m10/s1. The second kappa shape index (κ2) is 5.03. The molecule has 2 aliphatic rings. The lowest BCUT2D eigenvalue weighted by Gasteiger charge is -1.84. The highest BCUT2D eigenvalue weighted by atomic mass is 16.4. The molecule has 0 unspecified atom stereocenters. The van der Waals surface area contributed by atoms with Gasteiger partial charge in [-0.25, -0.2) is 0 Å². The summed E-state index contributed by atoms with van der Waals surface area (Å²) < 4.78 is 0. The molecule has 2 rings (SSSR count). The van der Waals surface area contributed by atoms with Gasteiger partial charge in [0.25, 0.3) is 0 Å². The molecule has 0 saturated heterocycles. The van der Waals surface area contributed by atoms with Crippen molar-refractivity contribution >= 4 is 23.9 Å². The summed E-state index contributed by atoms with van der Waals surface area (Å²) in [6.45, 7) is 0. The zero-order valence-electron chi connectivity index (χ0n) is 9.15. The average Bonchev–Trinajstić information content (AvgIpc) is 3.12. The quantitative estimate of drug-likeness (QED) is 0.532. The molecule has 4 N–H and O–H groups in total. The molecule has 0 radical (unpaired) electrons. The van der Waals surface area contributed by atoms with Crippen LogP contribution in [0.15, 0.2) is 0 Å². The highest BCUT2D eigenvalue weighted by Gasteiger charge is 2.49. The first-order chi connectivity index (χ1) is 8.25. The van der Waals surface area contributed by atoms with E-state index in [0.717, 1.165) is 0 Å². The van der Waals surface area contributed by atoms with E-state index in [1.54, 1.807) is 0 Å². The van der Waals surface area contributed by atoms with E-state index in [2.05, 4.69) is 0 Å². The van der Waals surface area contributed by atoms with Crippen LogP contribution < -0.4 is 0 Å². The first-order valence-electron chi connectivity index (χ1n) is 5.17. The van der Waals surface area contributed by atoms with Gasteiger partial charge in [0.1, 0.15) is 0 Å². The van der Waals surface area contributed by atoms with E-state index < -0.39 is 47.5 Å². The largest absolute Gasteiger partial charge is 0.481 e. The van der Waals surface area contributed by atoms with Crippen molar-refractivity contribution in [2.45, 2.75) is 12.8 Å². The third-order valence-corrected chi connectivity index (χ3v) is 2.85. The van der Waals surface area contributed by atoms with Gasteiger partial charge in [0.2, 0.25) is 0 Å². The molecule has 100 valence electrons. The Morgan fingerprint density at radius 3 is 0.778 bits per heavy atom. The van der Waals surface area contributed by atoms with Crippen molar-refractivity contribution in [3.8, 4) is 0 Å². The van der Waals surface area contributed by atoms with E-state index in [0.29, 0.717) is 12.8 Å². The second-order valence-electron chi connectivity index (χ2n) is 4.25. The Balaban J connectivity index is 0.000000180. The van der Waals surface area contributed by atoms with Gasteiger partial charge in [0.05, 0.1) is 23.7 Å². The van der Waals surface area contributed by atoms with Crippen molar-refractivity contribution < 1.29 is 39.6 Å². The van der Waals surface area contributed by atoms with E-state index in [4.69, 9.17) is 20.4 Å². The predicted octanol–water partition coefficient (Wildman–Crippen LogP) is -0.417. The molecule has 0 aromatic rings. The fourth-order valence-electron chi connectivity index (χ4n) is 1.48. The average molecular weight is 260 g/mol. The number of aliphatic carboxylic acids is 4. The van der Waals surface area contributed by atoms with Gasteiger partial charge in [0, 0.05) is 0 Å². The van der Waals surface area contributed by atoms with Gasteiger partial charge >= 0.3 is 23.9 Å². The Hall–Kier alpha value is -2.12. The van der Waals surface area contributed by atoms with Crippen LogP contribution in [0.25, 0.3) is 0 Å². The summed E-state index contributed by atoms with van der Waals surface area (Å²) in [5.41, 5.74) is 0. The van der Waals surface area contributed by atoms with Crippen LogP contribution in [-0.4, -0.2) is 44.3 Å². The minimum atomic E-state index is -0.998. The smallest absolute Gasteiger partial charge is 0.307 e. The van der Waals surface area contributed by atoms with Gasteiger partial charge < -0.3 is 20.4 Å². The number of carboxylic acid groups (broad SMARTS) is 4. The van der Waals surface area contributed by atoms with Gasteiger partial charge in [-0.05, 0) is 12.8 Å². The van der Waals surface area contributed by atoms with Crippen LogP contribution in [0.2, 0.25) is 0 Å². The minimum Gasteiger partial charge on any atom is -0.481 e. The Bertz CT molecular complexity index is 327. The summed E-state index contributed by atoms with van der Waals surface area (Å²) in [7, 11) is 0. The van der Waals surface area contributed by atoms with E-state index >= 15 is 0 Å². The molecule has 8 heteroatoms. The van der Waals surface area contributed by atoms with Crippen LogP contribution in [0.3, 0.4) is 0 Å². The van der Waals surface area contributed by atoms with Crippen molar-refractivity contribution in [1.82, 2.24) is 0 Å². The third kappa shape index (κ3) is 3.44. The van der Waals surface area contributed by atoms with Crippen molar-refractivity contribution in [3.05, 3.63) is 0 Å². The second-order valence-corrected chi connectivity index (χ2v) is 4.25. The van der Waals surface area contributed by atoms with E-state index in [-0.39, 0.29) is 0 Å². The number of carbonyl (C=O) groups is 4. The summed E-state index contributed by atoms with van der Waals surface area (Å²) in [5.74, 6) is -6.48. The molecule has 2 fully saturated rings. The normalized spacial score (nSPS) is 31.6. The molecule has 0 aromatic heterocycles. The van der Waals surface area contributed by atoms with Crippen LogP contribution >= 0.6 is 0 Å². The van der Waals surface area contributed by atoms with Crippen molar-refractivity contribution in [1.29, 1.82) is 0 Å². The number of hydrogen-bond donors (Lipinski definition) is 4. The molecule has 18 heavy (non-hydrogen) atoms. The maximum atomic E-state index is 10.0. The molecule has 0 heterocycles. The predicted molar refractivity (Wildman–Crippen MR) is 53.7 cm³/mol. The lowest BCUT2D eigenvalue weighted by atomic mass is 10.3. The first kappa shape index (κ1) is 13.9. The highest BCUT2D eigenvalue weighted by molar-refractivity contribution is 5.85. The van der Waals surface area contributed by atoms with Crippen LogP contribution in [0, 0.1) is 23.7 Å². The highest BCUT2D eigenvalue weighted by Crippen LogP contribution is 2.38. The fraction of sp³-hybridized carbons (Fsp3) is 0.600. The lowest BCUT2D eigenvalue weighted by Crippen LogP contribution is -2.05. The van der Waals surface area contributed by atoms with Crippen LogP contribution in [-0.2, 0) is 19.2 Å². The summed E-state index contributed by atoms with van der Waals surface area (Å²) in [6, 6.07) is 0. The zero-order valence-corrected chi connectivity index (χ0v) is 9.15. The molecule has 0 spiro atoms. The molecule has 0 amide bonds. The third-order valence-electron chi connectivity index (χ3n) is 2.85. The van der Waals surface area contributed by atoms with Crippen LogP contribution in [0.1, 0.15) is 12.8 Å².